The Hall–Kier alpha value is -2.28. The molecule has 3 rings (SSSR count). The van der Waals surface area contributed by atoms with Gasteiger partial charge in [0.2, 0.25) is 0 Å². The summed E-state index contributed by atoms with van der Waals surface area (Å²) in [7, 11) is 0. The minimum atomic E-state index is -0.341. The fraction of sp³-hybridized carbons (Fsp3) is 0.312. The largest absolute Gasteiger partial charge is 0.465 e. The number of H-pyrrole nitrogens is 1. The summed E-state index contributed by atoms with van der Waals surface area (Å²) >= 11 is 1.24. The molecule has 2 aromatic heterocycles. The summed E-state index contributed by atoms with van der Waals surface area (Å²) in [4.78, 5) is 15.0. The second kappa shape index (κ2) is 6.87. The second-order valence-electron chi connectivity index (χ2n) is 4.89. The molecule has 0 aliphatic rings. The molecule has 3 aromatic rings. The number of nitrogens with one attached hydrogen (secondary N) is 1. The van der Waals surface area contributed by atoms with E-state index in [1.807, 2.05) is 37.4 Å². The Labute approximate surface area is 137 Å². The van der Waals surface area contributed by atoms with E-state index in [0.717, 1.165) is 16.5 Å². The predicted octanol–water partition coefficient (Wildman–Crippen LogP) is 3.65. The molecule has 0 amide bonds. The van der Waals surface area contributed by atoms with Gasteiger partial charge in [0, 0.05) is 17.1 Å². The molecule has 0 aliphatic heterocycles. The van der Waals surface area contributed by atoms with Gasteiger partial charge in [0.25, 0.3) is 11.1 Å². The van der Waals surface area contributed by atoms with Crippen LogP contribution in [0.1, 0.15) is 20.3 Å². The first-order chi connectivity index (χ1) is 11.2. The van der Waals surface area contributed by atoms with Crippen LogP contribution in [0.15, 0.2) is 40.1 Å². The molecule has 1 aromatic carbocycles. The van der Waals surface area contributed by atoms with Crippen molar-refractivity contribution < 1.29 is 13.9 Å². The summed E-state index contributed by atoms with van der Waals surface area (Å²) in [6.07, 6.45) is 2.48. The molecule has 0 unspecified atom stereocenters. The minimum absolute atomic E-state index is 0.258. The van der Waals surface area contributed by atoms with Crippen molar-refractivity contribution in [3.8, 4) is 11.5 Å². The van der Waals surface area contributed by atoms with Gasteiger partial charge >= 0.3 is 5.97 Å². The van der Waals surface area contributed by atoms with Gasteiger partial charge in [0.1, 0.15) is 5.25 Å². The standard InChI is InChI=1S/C16H17N3O3S/c1-3-13(15(20)21-4-2)23-16-19-18-14(22-16)11-9-17-12-8-6-5-7-10(11)12/h5-9,13,17H,3-4H2,1-2H3/t13-/m0/s1. The summed E-state index contributed by atoms with van der Waals surface area (Å²) in [5, 5.41) is 9.17. The quantitative estimate of drug-likeness (QED) is 0.548. The smallest absolute Gasteiger partial charge is 0.319 e. The fourth-order valence-electron chi connectivity index (χ4n) is 2.27. The molecule has 1 N–H and O–H groups in total. The number of benzene rings is 1. The Bertz CT molecular complexity index is 812. The van der Waals surface area contributed by atoms with Crippen LogP contribution >= 0.6 is 11.8 Å². The highest BCUT2D eigenvalue weighted by Gasteiger charge is 2.23. The molecule has 2 heterocycles. The van der Waals surface area contributed by atoms with Crippen molar-refractivity contribution >= 4 is 28.6 Å². The van der Waals surface area contributed by atoms with Crippen molar-refractivity contribution in [1.29, 1.82) is 0 Å². The van der Waals surface area contributed by atoms with Crippen LogP contribution in [0, 0.1) is 0 Å². The number of aromatic nitrogens is 3. The van der Waals surface area contributed by atoms with Crippen molar-refractivity contribution in [2.45, 2.75) is 30.7 Å². The SMILES string of the molecule is CCOC(=O)[C@H](CC)Sc1nnc(-c2c[nH]c3ccccc23)o1. The summed E-state index contributed by atoms with van der Waals surface area (Å²) in [6.45, 7) is 4.07. The van der Waals surface area contributed by atoms with E-state index >= 15 is 0 Å². The first kappa shape index (κ1) is 15.6. The Morgan fingerprint density at radius 2 is 2.17 bits per heavy atom. The number of para-hydroxylation sites is 1. The monoisotopic (exact) mass is 331 g/mol. The summed E-state index contributed by atoms with van der Waals surface area (Å²) < 4.78 is 10.8. The molecule has 7 heteroatoms. The molecule has 1 atom stereocenters. The van der Waals surface area contributed by atoms with Crippen LogP contribution in [0.5, 0.6) is 0 Å². The van der Waals surface area contributed by atoms with E-state index in [1.54, 1.807) is 6.92 Å². The third-order valence-electron chi connectivity index (χ3n) is 3.39. The van der Waals surface area contributed by atoms with Gasteiger partial charge in [-0.1, -0.05) is 36.9 Å². The molecule has 0 spiro atoms. The maximum absolute atomic E-state index is 11.9. The normalized spacial score (nSPS) is 12.4. The number of aromatic amines is 1. The average Bonchev–Trinajstić information content (AvgIpc) is 3.19. The third-order valence-corrected chi connectivity index (χ3v) is 4.57. The second-order valence-corrected chi connectivity index (χ2v) is 6.04. The topological polar surface area (TPSA) is 81.0 Å². The average molecular weight is 331 g/mol. The molecule has 120 valence electrons. The highest BCUT2D eigenvalue weighted by molar-refractivity contribution is 8.00. The summed E-state index contributed by atoms with van der Waals surface area (Å²) in [5.41, 5.74) is 1.86. The number of ether oxygens (including phenoxy) is 1. The molecule has 0 fully saturated rings. The fourth-order valence-corrected chi connectivity index (χ4v) is 3.06. The van der Waals surface area contributed by atoms with Crippen LogP contribution in [-0.2, 0) is 9.53 Å². The lowest BCUT2D eigenvalue weighted by atomic mass is 10.2. The predicted molar refractivity (Wildman–Crippen MR) is 88.2 cm³/mol. The molecular formula is C16H17N3O3S. The van der Waals surface area contributed by atoms with E-state index in [4.69, 9.17) is 9.15 Å². The molecule has 0 saturated heterocycles. The maximum Gasteiger partial charge on any atom is 0.319 e. The van der Waals surface area contributed by atoms with Gasteiger partial charge in [-0.3, -0.25) is 4.79 Å². The van der Waals surface area contributed by atoms with Crippen molar-refractivity contribution in [3.63, 3.8) is 0 Å². The zero-order chi connectivity index (χ0) is 16.2. The number of fused-ring (bicyclic) bond motifs is 1. The van der Waals surface area contributed by atoms with Gasteiger partial charge in [0.15, 0.2) is 0 Å². The van der Waals surface area contributed by atoms with Gasteiger partial charge in [-0.25, -0.2) is 0 Å². The van der Waals surface area contributed by atoms with Gasteiger partial charge < -0.3 is 14.1 Å². The van der Waals surface area contributed by atoms with Gasteiger partial charge in [0.05, 0.1) is 12.2 Å². The van der Waals surface area contributed by atoms with Crippen molar-refractivity contribution in [1.82, 2.24) is 15.2 Å². The number of hydrogen-bond acceptors (Lipinski definition) is 6. The first-order valence-electron chi connectivity index (χ1n) is 7.46. The number of thioether (sulfide) groups is 1. The number of hydrogen-bond donors (Lipinski definition) is 1. The zero-order valence-corrected chi connectivity index (χ0v) is 13.7. The van der Waals surface area contributed by atoms with Crippen LogP contribution in [0.2, 0.25) is 0 Å². The van der Waals surface area contributed by atoms with Crippen LogP contribution in [0.3, 0.4) is 0 Å². The Kier molecular flexibility index (Phi) is 4.66. The van der Waals surface area contributed by atoms with E-state index in [-0.39, 0.29) is 11.2 Å². The van der Waals surface area contributed by atoms with E-state index in [2.05, 4.69) is 15.2 Å². The highest BCUT2D eigenvalue weighted by atomic mass is 32.2. The number of carbonyl (C=O) groups is 1. The van der Waals surface area contributed by atoms with Crippen LogP contribution in [-0.4, -0.2) is 33.0 Å². The van der Waals surface area contributed by atoms with Crippen LogP contribution in [0.25, 0.3) is 22.4 Å². The van der Waals surface area contributed by atoms with Gasteiger partial charge in [-0.15, -0.1) is 10.2 Å². The van der Waals surface area contributed by atoms with E-state index < -0.39 is 0 Å². The first-order valence-corrected chi connectivity index (χ1v) is 8.34. The zero-order valence-electron chi connectivity index (χ0n) is 12.9. The number of carbonyl (C=O) groups excluding carboxylic acids is 1. The molecular weight excluding hydrogens is 314 g/mol. The van der Waals surface area contributed by atoms with Crippen molar-refractivity contribution in [3.05, 3.63) is 30.5 Å². The molecule has 0 aliphatic carbocycles. The van der Waals surface area contributed by atoms with E-state index in [0.29, 0.717) is 24.1 Å². The number of rotatable bonds is 6. The van der Waals surface area contributed by atoms with Crippen molar-refractivity contribution in [2.24, 2.45) is 0 Å². The Morgan fingerprint density at radius 1 is 1.35 bits per heavy atom. The van der Waals surface area contributed by atoms with Gasteiger partial charge in [-0.05, 0) is 19.4 Å². The molecule has 0 saturated carbocycles. The van der Waals surface area contributed by atoms with E-state index in [1.165, 1.54) is 11.8 Å². The molecule has 6 nitrogen and oxygen atoms in total. The summed E-state index contributed by atoms with van der Waals surface area (Å²) in [6, 6.07) is 7.90. The summed E-state index contributed by atoms with van der Waals surface area (Å²) in [5.74, 6) is 0.176. The number of esters is 1. The lowest BCUT2D eigenvalue weighted by molar-refractivity contribution is -0.142. The highest BCUT2D eigenvalue weighted by Crippen LogP contribution is 2.31. The van der Waals surface area contributed by atoms with Crippen molar-refractivity contribution in [2.75, 3.05) is 6.61 Å². The molecule has 0 bridgehead atoms. The van der Waals surface area contributed by atoms with Gasteiger partial charge in [-0.2, -0.15) is 0 Å². The lowest BCUT2D eigenvalue weighted by Gasteiger charge is -2.09. The Morgan fingerprint density at radius 3 is 2.96 bits per heavy atom. The minimum Gasteiger partial charge on any atom is -0.465 e. The Balaban J connectivity index is 1.81. The lowest BCUT2D eigenvalue weighted by Crippen LogP contribution is -2.19. The van der Waals surface area contributed by atoms with Crippen LogP contribution < -0.4 is 0 Å². The molecule has 23 heavy (non-hydrogen) atoms. The third kappa shape index (κ3) is 3.24. The molecule has 0 radical (unpaired) electrons. The van der Waals surface area contributed by atoms with E-state index in [9.17, 15) is 4.79 Å². The van der Waals surface area contributed by atoms with Crippen LogP contribution in [0.4, 0.5) is 0 Å². The number of nitrogens with zero attached hydrogens (tertiary/aromatic N) is 2. The maximum atomic E-state index is 11.9.